The van der Waals surface area contributed by atoms with Crippen LogP contribution in [-0.4, -0.2) is 89.0 Å². The van der Waals surface area contributed by atoms with Gasteiger partial charge in [0.2, 0.25) is 0 Å². The summed E-state index contributed by atoms with van der Waals surface area (Å²) in [6, 6.07) is 0. The average Bonchev–Trinajstić information content (AvgIpc) is 2.55. The van der Waals surface area contributed by atoms with E-state index < -0.39 is 0 Å². The molecule has 26 heavy (non-hydrogen) atoms. The molecule has 1 fully saturated rings. The minimum atomic E-state index is 0. The zero-order chi connectivity index (χ0) is 18.7. The smallest absolute Gasteiger partial charge is 0.193 e. The molecular weight excluding hydrogens is 443 g/mol. The van der Waals surface area contributed by atoms with Crippen LogP contribution in [0.4, 0.5) is 0 Å². The summed E-state index contributed by atoms with van der Waals surface area (Å²) in [4.78, 5) is 9.53. The molecule has 0 saturated carbocycles. The van der Waals surface area contributed by atoms with Crippen LogP contribution in [0, 0.1) is 5.41 Å². The Morgan fingerprint density at radius 3 is 2.42 bits per heavy atom. The fourth-order valence-electron chi connectivity index (χ4n) is 3.31. The minimum Gasteiger partial charge on any atom is -0.385 e. The lowest BCUT2D eigenvalue weighted by Crippen LogP contribution is -2.47. The molecule has 0 bridgehead atoms. The topological polar surface area (TPSA) is 49.3 Å². The third-order valence-corrected chi connectivity index (χ3v) is 4.32. The first kappa shape index (κ1) is 25.9. The third kappa shape index (κ3) is 10.9. The van der Waals surface area contributed by atoms with E-state index in [1.807, 2.05) is 0 Å². The maximum Gasteiger partial charge on any atom is 0.193 e. The summed E-state index contributed by atoms with van der Waals surface area (Å²) in [5.41, 5.74) is 0.174. The van der Waals surface area contributed by atoms with Crippen molar-refractivity contribution < 1.29 is 9.47 Å². The van der Waals surface area contributed by atoms with E-state index >= 15 is 0 Å². The van der Waals surface area contributed by atoms with Gasteiger partial charge in [-0.1, -0.05) is 13.8 Å². The van der Waals surface area contributed by atoms with E-state index in [-0.39, 0.29) is 29.4 Å². The van der Waals surface area contributed by atoms with Gasteiger partial charge in [-0.25, -0.2) is 0 Å². The molecule has 0 aromatic heterocycles. The molecular formula is C19H41IN4O2. The predicted molar refractivity (Wildman–Crippen MR) is 121 cm³/mol. The van der Waals surface area contributed by atoms with Gasteiger partial charge in [0.05, 0.1) is 6.10 Å². The Balaban J connectivity index is 0.00000625. The molecule has 0 atom stereocenters. The zero-order valence-electron chi connectivity index (χ0n) is 17.7. The first-order valence-corrected chi connectivity index (χ1v) is 9.66. The SMILES string of the molecule is CCNC(=NCC(C)(C)CN(C)C)N1CCC(OCCCOC)CC1.I. The van der Waals surface area contributed by atoms with Crippen molar-refractivity contribution in [3.63, 3.8) is 0 Å². The van der Waals surface area contributed by atoms with Gasteiger partial charge in [-0.2, -0.15) is 0 Å². The van der Waals surface area contributed by atoms with Crippen LogP contribution in [0.5, 0.6) is 0 Å². The standard InChI is InChI=1S/C19H40N4O2.HI/c1-7-20-18(21-15-19(2,3)16-22(4)5)23-11-9-17(10-12-23)25-14-8-13-24-6;/h17H,7-16H2,1-6H3,(H,20,21);1H. The van der Waals surface area contributed by atoms with Crippen LogP contribution in [-0.2, 0) is 9.47 Å². The molecule has 0 aromatic rings. The number of ether oxygens (including phenoxy) is 2. The van der Waals surface area contributed by atoms with Crippen molar-refractivity contribution in [2.24, 2.45) is 10.4 Å². The van der Waals surface area contributed by atoms with Crippen molar-refractivity contribution >= 4 is 29.9 Å². The molecule has 0 unspecified atom stereocenters. The van der Waals surface area contributed by atoms with Gasteiger partial charge in [0.25, 0.3) is 0 Å². The molecule has 0 amide bonds. The maximum absolute atomic E-state index is 5.96. The Morgan fingerprint density at radius 1 is 1.23 bits per heavy atom. The highest BCUT2D eigenvalue weighted by Gasteiger charge is 2.23. The molecule has 0 radical (unpaired) electrons. The molecule has 1 rings (SSSR count). The third-order valence-electron chi connectivity index (χ3n) is 4.32. The first-order chi connectivity index (χ1) is 11.9. The fraction of sp³-hybridized carbons (Fsp3) is 0.947. The number of guanidine groups is 1. The van der Waals surface area contributed by atoms with E-state index in [1.165, 1.54) is 0 Å². The molecule has 7 heteroatoms. The molecule has 0 aromatic carbocycles. The van der Waals surface area contributed by atoms with Gasteiger partial charge in [0.15, 0.2) is 5.96 Å². The fourth-order valence-corrected chi connectivity index (χ4v) is 3.31. The summed E-state index contributed by atoms with van der Waals surface area (Å²) in [5.74, 6) is 1.05. The Labute approximate surface area is 178 Å². The molecule has 156 valence electrons. The molecule has 1 aliphatic rings. The second kappa shape index (κ2) is 14.0. The first-order valence-electron chi connectivity index (χ1n) is 9.66. The van der Waals surface area contributed by atoms with Crippen molar-refractivity contribution in [3.8, 4) is 0 Å². The summed E-state index contributed by atoms with van der Waals surface area (Å²) < 4.78 is 11.0. The van der Waals surface area contributed by atoms with Crippen LogP contribution in [0.3, 0.4) is 0 Å². The highest BCUT2D eigenvalue weighted by Crippen LogP contribution is 2.18. The van der Waals surface area contributed by atoms with Crippen LogP contribution >= 0.6 is 24.0 Å². The molecule has 1 heterocycles. The largest absolute Gasteiger partial charge is 0.385 e. The lowest BCUT2D eigenvalue weighted by atomic mass is 9.93. The van der Waals surface area contributed by atoms with E-state index in [4.69, 9.17) is 14.5 Å². The zero-order valence-corrected chi connectivity index (χ0v) is 20.0. The molecule has 1 saturated heterocycles. The van der Waals surface area contributed by atoms with E-state index in [2.05, 4.69) is 50.0 Å². The number of nitrogens with one attached hydrogen (secondary N) is 1. The lowest BCUT2D eigenvalue weighted by Gasteiger charge is -2.35. The molecule has 6 nitrogen and oxygen atoms in total. The van der Waals surface area contributed by atoms with Crippen molar-refractivity contribution in [2.75, 3.05) is 67.1 Å². The number of methoxy groups -OCH3 is 1. The van der Waals surface area contributed by atoms with Gasteiger partial charge < -0.3 is 24.6 Å². The second-order valence-electron chi connectivity index (χ2n) is 7.98. The molecule has 0 aliphatic carbocycles. The number of nitrogens with zero attached hydrogens (tertiary/aromatic N) is 3. The number of piperidine rings is 1. The summed E-state index contributed by atoms with van der Waals surface area (Å²) in [5, 5.41) is 3.46. The molecule has 0 spiro atoms. The number of rotatable bonds is 10. The molecule has 1 N–H and O–H groups in total. The van der Waals surface area contributed by atoms with Crippen LogP contribution < -0.4 is 5.32 Å². The number of hydrogen-bond donors (Lipinski definition) is 1. The van der Waals surface area contributed by atoms with Crippen LogP contribution in [0.15, 0.2) is 4.99 Å². The van der Waals surface area contributed by atoms with Gasteiger partial charge in [0, 0.05) is 53.0 Å². The van der Waals surface area contributed by atoms with Crippen molar-refractivity contribution in [1.82, 2.24) is 15.1 Å². The summed E-state index contributed by atoms with van der Waals surface area (Å²) >= 11 is 0. The Hall–Kier alpha value is -0.120. The van der Waals surface area contributed by atoms with Crippen LogP contribution in [0.25, 0.3) is 0 Å². The Kier molecular flexibility index (Phi) is 13.9. The van der Waals surface area contributed by atoms with Gasteiger partial charge in [-0.3, -0.25) is 4.99 Å². The van der Waals surface area contributed by atoms with Gasteiger partial charge in [-0.05, 0) is 45.7 Å². The van der Waals surface area contributed by atoms with Crippen molar-refractivity contribution in [2.45, 2.75) is 46.1 Å². The number of aliphatic imine (C=N–C) groups is 1. The van der Waals surface area contributed by atoms with Crippen LogP contribution in [0.2, 0.25) is 0 Å². The van der Waals surface area contributed by atoms with Crippen molar-refractivity contribution in [1.29, 1.82) is 0 Å². The maximum atomic E-state index is 5.96. The summed E-state index contributed by atoms with van der Waals surface area (Å²) in [6.07, 6.45) is 3.49. The normalized spacial score (nSPS) is 16.7. The van der Waals surface area contributed by atoms with E-state index in [0.29, 0.717) is 6.10 Å². The highest BCUT2D eigenvalue weighted by atomic mass is 127. The summed E-state index contributed by atoms with van der Waals surface area (Å²) in [7, 11) is 5.97. The monoisotopic (exact) mass is 484 g/mol. The molecule has 1 aliphatic heterocycles. The van der Waals surface area contributed by atoms with E-state index in [0.717, 1.165) is 71.2 Å². The van der Waals surface area contributed by atoms with Crippen molar-refractivity contribution in [3.05, 3.63) is 0 Å². The number of halogens is 1. The predicted octanol–water partition coefficient (Wildman–Crippen LogP) is 2.68. The van der Waals surface area contributed by atoms with Crippen LogP contribution in [0.1, 0.15) is 40.0 Å². The van der Waals surface area contributed by atoms with Gasteiger partial charge >= 0.3 is 0 Å². The second-order valence-corrected chi connectivity index (χ2v) is 7.98. The highest BCUT2D eigenvalue weighted by molar-refractivity contribution is 14.0. The average molecular weight is 484 g/mol. The Morgan fingerprint density at radius 2 is 1.88 bits per heavy atom. The number of hydrogen-bond acceptors (Lipinski definition) is 4. The Bertz CT molecular complexity index is 384. The minimum absolute atomic E-state index is 0. The number of likely N-dealkylation sites (tertiary alicyclic amines) is 1. The van der Waals surface area contributed by atoms with Gasteiger partial charge in [0.1, 0.15) is 0 Å². The quantitative estimate of drug-likeness (QED) is 0.224. The lowest BCUT2D eigenvalue weighted by molar-refractivity contribution is 0.00987. The summed E-state index contributed by atoms with van der Waals surface area (Å²) in [6.45, 7) is 13.1. The van der Waals surface area contributed by atoms with E-state index in [1.54, 1.807) is 7.11 Å². The van der Waals surface area contributed by atoms with E-state index in [9.17, 15) is 0 Å². The van der Waals surface area contributed by atoms with Gasteiger partial charge in [-0.15, -0.1) is 24.0 Å².